The van der Waals surface area contributed by atoms with Gasteiger partial charge in [-0.3, -0.25) is 0 Å². The minimum atomic E-state index is -1.66. The summed E-state index contributed by atoms with van der Waals surface area (Å²) in [4.78, 5) is -0.490. The van der Waals surface area contributed by atoms with Crippen molar-refractivity contribution in [3.05, 3.63) is 82.4 Å². The van der Waals surface area contributed by atoms with Gasteiger partial charge >= 0.3 is 0 Å². The van der Waals surface area contributed by atoms with E-state index in [-0.39, 0.29) is 11.3 Å². The Balaban J connectivity index is 1.97. The Kier molecular flexibility index (Phi) is 5.59. The lowest BCUT2D eigenvalue weighted by molar-refractivity contribution is 0.353. The second-order valence-corrected chi connectivity index (χ2v) is 6.73. The fourth-order valence-electron chi connectivity index (χ4n) is 2.11. The molecule has 0 radical (unpaired) electrons. The molecule has 3 aromatic rings. The first-order valence-corrected chi connectivity index (χ1v) is 8.57. The van der Waals surface area contributed by atoms with Crippen molar-refractivity contribution in [2.24, 2.45) is 0 Å². The van der Waals surface area contributed by atoms with E-state index in [9.17, 15) is 17.6 Å². The first-order valence-electron chi connectivity index (χ1n) is 7.38. The number of nitriles is 1. The molecule has 3 aromatic carbocycles. The predicted octanol–water partition coefficient (Wildman–Crippen LogP) is 6.71. The number of ether oxygens (including phenoxy) is 1. The number of hydrogen-bond donors (Lipinski definition) is 0. The molecular formula is C19H8ClF4NOS. The number of benzene rings is 3. The number of rotatable bonds is 4. The smallest absolute Gasteiger partial charge is 0.205 e. The molecule has 0 amide bonds. The molecule has 0 spiro atoms. The van der Waals surface area contributed by atoms with Crippen molar-refractivity contribution in [3.63, 3.8) is 0 Å². The quantitative estimate of drug-likeness (QED) is 0.354. The maximum atomic E-state index is 14.3. The summed E-state index contributed by atoms with van der Waals surface area (Å²) in [6.07, 6.45) is 0. The maximum Gasteiger partial charge on any atom is 0.205 e. The van der Waals surface area contributed by atoms with E-state index in [1.807, 2.05) is 6.07 Å². The predicted molar refractivity (Wildman–Crippen MR) is 93.1 cm³/mol. The van der Waals surface area contributed by atoms with Crippen LogP contribution >= 0.6 is 23.4 Å². The Hall–Kier alpha value is -2.69. The lowest BCUT2D eigenvalue weighted by atomic mass is 10.2. The summed E-state index contributed by atoms with van der Waals surface area (Å²) < 4.78 is 62.2. The van der Waals surface area contributed by atoms with E-state index >= 15 is 0 Å². The van der Waals surface area contributed by atoms with Gasteiger partial charge in [0.05, 0.1) is 16.5 Å². The monoisotopic (exact) mass is 409 g/mol. The molecule has 0 heterocycles. The maximum absolute atomic E-state index is 14.3. The minimum absolute atomic E-state index is 0.0799. The topological polar surface area (TPSA) is 33.0 Å². The van der Waals surface area contributed by atoms with Gasteiger partial charge in [0.15, 0.2) is 11.6 Å². The van der Waals surface area contributed by atoms with E-state index in [1.54, 1.807) is 0 Å². The van der Waals surface area contributed by atoms with Gasteiger partial charge in [-0.15, -0.1) is 0 Å². The Bertz CT molecular complexity index is 1000. The van der Waals surface area contributed by atoms with Gasteiger partial charge in [0.25, 0.3) is 0 Å². The summed E-state index contributed by atoms with van der Waals surface area (Å²) in [5.74, 6) is -7.74. The van der Waals surface area contributed by atoms with E-state index in [2.05, 4.69) is 0 Å². The molecule has 0 aliphatic heterocycles. The van der Waals surface area contributed by atoms with Gasteiger partial charge in [0.2, 0.25) is 17.4 Å². The molecule has 0 unspecified atom stereocenters. The van der Waals surface area contributed by atoms with Crippen LogP contribution in [0.5, 0.6) is 11.5 Å². The molecule has 0 saturated heterocycles. The normalized spacial score (nSPS) is 10.5. The standard InChI is InChI=1S/C19H8ClF4NOS/c20-11-3-7-13(8-4-11)27-19-16(23)14(21)18(15(22)17(19)24)26-12-5-1-10(9-25)2-6-12/h1-8H. The van der Waals surface area contributed by atoms with Gasteiger partial charge in [-0.2, -0.15) is 14.0 Å². The lowest BCUT2D eigenvalue weighted by Gasteiger charge is -2.12. The van der Waals surface area contributed by atoms with Crippen LogP contribution in [0.15, 0.2) is 58.3 Å². The van der Waals surface area contributed by atoms with Crippen LogP contribution in [0.1, 0.15) is 5.56 Å². The molecule has 0 bridgehead atoms. The summed E-state index contributed by atoms with van der Waals surface area (Å²) in [7, 11) is 0. The van der Waals surface area contributed by atoms with Crippen LogP contribution in [-0.2, 0) is 0 Å². The van der Waals surface area contributed by atoms with Crippen molar-refractivity contribution in [1.29, 1.82) is 5.26 Å². The molecule has 0 fully saturated rings. The number of hydrogen-bond acceptors (Lipinski definition) is 3. The molecule has 0 aromatic heterocycles. The molecule has 0 aliphatic rings. The minimum Gasteiger partial charge on any atom is -0.451 e. The summed E-state index contributed by atoms with van der Waals surface area (Å²) >= 11 is 6.25. The number of nitrogens with zero attached hydrogens (tertiary/aromatic N) is 1. The van der Waals surface area contributed by atoms with Crippen LogP contribution in [0, 0.1) is 34.6 Å². The first kappa shape index (κ1) is 19.1. The highest BCUT2D eigenvalue weighted by Crippen LogP contribution is 2.40. The highest BCUT2D eigenvalue weighted by molar-refractivity contribution is 7.99. The third-order valence-corrected chi connectivity index (χ3v) is 4.74. The molecule has 27 heavy (non-hydrogen) atoms. The largest absolute Gasteiger partial charge is 0.451 e. The van der Waals surface area contributed by atoms with Crippen LogP contribution in [0.2, 0.25) is 5.02 Å². The van der Waals surface area contributed by atoms with Gasteiger partial charge in [-0.05, 0) is 48.5 Å². The molecule has 8 heteroatoms. The van der Waals surface area contributed by atoms with Crippen molar-refractivity contribution in [2.45, 2.75) is 9.79 Å². The molecule has 0 saturated carbocycles. The Morgan fingerprint density at radius 3 is 1.89 bits per heavy atom. The summed E-state index contributed by atoms with van der Waals surface area (Å²) in [6.45, 7) is 0. The van der Waals surface area contributed by atoms with Gasteiger partial charge < -0.3 is 4.74 Å². The van der Waals surface area contributed by atoms with E-state index < -0.39 is 33.9 Å². The third kappa shape index (κ3) is 4.02. The second-order valence-electron chi connectivity index (χ2n) is 5.21. The molecule has 0 aliphatic carbocycles. The van der Waals surface area contributed by atoms with E-state index in [0.29, 0.717) is 21.7 Å². The average Bonchev–Trinajstić information content (AvgIpc) is 2.69. The fraction of sp³-hybridized carbons (Fsp3) is 0. The lowest BCUT2D eigenvalue weighted by Crippen LogP contribution is -2.03. The summed E-state index contributed by atoms with van der Waals surface area (Å²) in [5.41, 5.74) is 0.287. The van der Waals surface area contributed by atoms with Gasteiger partial charge in [-0.1, -0.05) is 23.4 Å². The van der Waals surface area contributed by atoms with Crippen molar-refractivity contribution in [1.82, 2.24) is 0 Å². The Labute approximate surface area is 161 Å². The van der Waals surface area contributed by atoms with Crippen LogP contribution in [0.25, 0.3) is 0 Å². The number of halogens is 5. The Morgan fingerprint density at radius 2 is 1.37 bits per heavy atom. The molecule has 0 atom stereocenters. The highest BCUT2D eigenvalue weighted by atomic mass is 35.5. The van der Waals surface area contributed by atoms with Gasteiger partial charge in [0, 0.05) is 9.92 Å². The summed E-state index contributed by atoms with van der Waals surface area (Å²) in [5, 5.41) is 9.13. The fourth-order valence-corrected chi connectivity index (χ4v) is 3.10. The van der Waals surface area contributed by atoms with Gasteiger partial charge in [0.1, 0.15) is 5.75 Å². The zero-order valence-corrected chi connectivity index (χ0v) is 14.8. The highest BCUT2D eigenvalue weighted by Gasteiger charge is 2.27. The zero-order valence-electron chi connectivity index (χ0n) is 13.3. The zero-order chi connectivity index (χ0) is 19.6. The molecule has 2 nitrogen and oxygen atoms in total. The second kappa shape index (κ2) is 7.91. The van der Waals surface area contributed by atoms with E-state index in [1.165, 1.54) is 48.5 Å². The molecular weight excluding hydrogens is 402 g/mol. The Morgan fingerprint density at radius 1 is 0.815 bits per heavy atom. The van der Waals surface area contributed by atoms with Gasteiger partial charge in [-0.25, -0.2) is 8.78 Å². The van der Waals surface area contributed by atoms with E-state index in [4.69, 9.17) is 21.6 Å². The van der Waals surface area contributed by atoms with Crippen molar-refractivity contribution in [3.8, 4) is 17.6 Å². The van der Waals surface area contributed by atoms with Crippen molar-refractivity contribution < 1.29 is 22.3 Å². The van der Waals surface area contributed by atoms with Crippen LogP contribution < -0.4 is 4.74 Å². The van der Waals surface area contributed by atoms with Crippen LogP contribution in [0.4, 0.5) is 17.6 Å². The third-order valence-electron chi connectivity index (χ3n) is 3.42. The first-order chi connectivity index (χ1) is 12.9. The van der Waals surface area contributed by atoms with Crippen molar-refractivity contribution >= 4 is 23.4 Å². The van der Waals surface area contributed by atoms with Crippen LogP contribution in [0.3, 0.4) is 0 Å². The molecule has 0 N–H and O–H groups in total. The SMILES string of the molecule is N#Cc1ccc(Oc2c(F)c(F)c(Sc3ccc(Cl)cc3)c(F)c2F)cc1. The summed E-state index contributed by atoms with van der Waals surface area (Å²) in [6, 6.07) is 12.9. The van der Waals surface area contributed by atoms with E-state index in [0.717, 1.165) is 0 Å². The van der Waals surface area contributed by atoms with Crippen LogP contribution in [-0.4, -0.2) is 0 Å². The average molecular weight is 410 g/mol. The molecule has 136 valence electrons. The molecule has 3 rings (SSSR count). The van der Waals surface area contributed by atoms with Crippen molar-refractivity contribution in [2.75, 3.05) is 0 Å².